The van der Waals surface area contributed by atoms with Gasteiger partial charge in [-0.1, -0.05) is 48.5 Å². The Morgan fingerprint density at radius 1 is 1.05 bits per heavy atom. The number of H-pyrrole nitrogens is 1. The highest BCUT2D eigenvalue weighted by molar-refractivity contribution is 6.07. The van der Waals surface area contributed by atoms with E-state index in [9.17, 15) is 19.6 Å². The molecule has 0 radical (unpaired) electrons. The second-order valence-corrected chi connectivity index (χ2v) is 8.51. The standard InChI is InChI=1S/C29H25N3O5/c1-17-20(18(2)31-28(34)22(17)15-30)13-14-25(33)37-16-24-27(29(35)36-3)26(19-9-5-4-6-10-19)21-11-7-8-12-23(21)32-24/h4-12H,13-14,16H2,1-3H3,(H,31,34). The highest BCUT2D eigenvalue weighted by Crippen LogP contribution is 2.34. The first-order valence-corrected chi connectivity index (χ1v) is 11.7. The first-order chi connectivity index (χ1) is 17.8. The van der Waals surface area contributed by atoms with Gasteiger partial charge in [-0.3, -0.25) is 9.59 Å². The maximum atomic E-state index is 12.9. The SMILES string of the molecule is COC(=O)c1c(COC(=O)CCc2c(C)[nH]c(=O)c(C#N)c2C)nc2ccccc2c1-c1ccccc1. The molecule has 0 fully saturated rings. The van der Waals surface area contributed by atoms with E-state index in [0.717, 1.165) is 16.5 Å². The maximum Gasteiger partial charge on any atom is 0.340 e. The minimum Gasteiger partial charge on any atom is -0.465 e. The fourth-order valence-corrected chi connectivity index (χ4v) is 4.46. The lowest BCUT2D eigenvalue weighted by molar-refractivity contribution is -0.145. The number of aromatic nitrogens is 2. The minimum atomic E-state index is -0.577. The summed E-state index contributed by atoms with van der Waals surface area (Å²) in [6.45, 7) is 3.19. The van der Waals surface area contributed by atoms with Crippen LogP contribution in [0.2, 0.25) is 0 Å². The number of carbonyl (C=O) groups is 2. The molecule has 4 rings (SSSR count). The summed E-state index contributed by atoms with van der Waals surface area (Å²) >= 11 is 0. The number of hydrogen-bond acceptors (Lipinski definition) is 7. The number of pyridine rings is 2. The first kappa shape index (κ1) is 25.3. The van der Waals surface area contributed by atoms with E-state index >= 15 is 0 Å². The number of rotatable bonds is 7. The Balaban J connectivity index is 1.64. The zero-order valence-corrected chi connectivity index (χ0v) is 20.8. The highest BCUT2D eigenvalue weighted by Gasteiger charge is 2.24. The average Bonchev–Trinajstić information content (AvgIpc) is 2.91. The number of aromatic amines is 1. The molecule has 2 aromatic heterocycles. The van der Waals surface area contributed by atoms with Crippen molar-refractivity contribution in [3.8, 4) is 17.2 Å². The number of nitriles is 1. The lowest BCUT2D eigenvalue weighted by atomic mass is 9.94. The van der Waals surface area contributed by atoms with Gasteiger partial charge in [0, 0.05) is 23.1 Å². The molecule has 2 heterocycles. The molecule has 186 valence electrons. The number of methoxy groups -OCH3 is 1. The van der Waals surface area contributed by atoms with Crippen LogP contribution in [-0.2, 0) is 27.3 Å². The van der Waals surface area contributed by atoms with Gasteiger partial charge in [0.1, 0.15) is 18.2 Å². The second kappa shape index (κ2) is 10.9. The van der Waals surface area contributed by atoms with E-state index in [1.165, 1.54) is 7.11 Å². The zero-order chi connectivity index (χ0) is 26.5. The van der Waals surface area contributed by atoms with E-state index in [-0.39, 0.29) is 30.6 Å². The lowest BCUT2D eigenvalue weighted by Gasteiger charge is -2.16. The lowest BCUT2D eigenvalue weighted by Crippen LogP contribution is -2.18. The largest absolute Gasteiger partial charge is 0.465 e. The Hall–Kier alpha value is -4.77. The van der Waals surface area contributed by atoms with Crippen LogP contribution in [0.25, 0.3) is 22.0 Å². The van der Waals surface area contributed by atoms with Gasteiger partial charge in [-0.25, -0.2) is 9.78 Å². The van der Waals surface area contributed by atoms with Crippen LogP contribution < -0.4 is 5.56 Å². The summed E-state index contributed by atoms with van der Waals surface area (Å²) in [5.74, 6) is -1.08. The van der Waals surface area contributed by atoms with Crippen LogP contribution in [0.4, 0.5) is 0 Å². The Morgan fingerprint density at radius 2 is 1.76 bits per heavy atom. The number of ether oxygens (including phenoxy) is 2. The summed E-state index contributed by atoms with van der Waals surface area (Å²) in [7, 11) is 1.30. The Kier molecular flexibility index (Phi) is 7.44. The van der Waals surface area contributed by atoms with Crippen molar-refractivity contribution in [3.05, 3.63) is 98.6 Å². The van der Waals surface area contributed by atoms with E-state index in [4.69, 9.17) is 9.47 Å². The number of nitrogens with zero attached hydrogens (tertiary/aromatic N) is 2. The van der Waals surface area contributed by atoms with Crippen LogP contribution in [0.1, 0.15) is 44.9 Å². The van der Waals surface area contributed by atoms with Crippen LogP contribution >= 0.6 is 0 Å². The van der Waals surface area contributed by atoms with Crippen molar-refractivity contribution in [1.29, 1.82) is 5.26 Å². The van der Waals surface area contributed by atoms with Crippen molar-refractivity contribution in [1.82, 2.24) is 9.97 Å². The predicted molar refractivity (Wildman–Crippen MR) is 138 cm³/mol. The zero-order valence-electron chi connectivity index (χ0n) is 20.8. The molecule has 0 spiro atoms. The second-order valence-electron chi connectivity index (χ2n) is 8.51. The summed E-state index contributed by atoms with van der Waals surface area (Å²) in [5.41, 5.74) is 4.12. The van der Waals surface area contributed by atoms with Crippen LogP contribution in [0.3, 0.4) is 0 Å². The number of carbonyl (C=O) groups excluding carboxylic acids is 2. The summed E-state index contributed by atoms with van der Waals surface area (Å²) in [5, 5.41) is 10.0. The van der Waals surface area contributed by atoms with Gasteiger partial charge in [-0.15, -0.1) is 0 Å². The van der Waals surface area contributed by atoms with Crippen LogP contribution in [0.5, 0.6) is 0 Å². The normalized spacial score (nSPS) is 10.6. The number of nitrogens with one attached hydrogen (secondary N) is 1. The minimum absolute atomic E-state index is 0.0191. The maximum absolute atomic E-state index is 12.9. The third kappa shape index (κ3) is 5.11. The molecule has 37 heavy (non-hydrogen) atoms. The Labute approximate surface area is 213 Å². The van der Waals surface area contributed by atoms with Gasteiger partial charge in [0.05, 0.1) is 23.9 Å². The number of hydrogen-bond donors (Lipinski definition) is 1. The molecule has 0 unspecified atom stereocenters. The quantitative estimate of drug-likeness (QED) is 0.374. The molecule has 0 bridgehead atoms. The third-order valence-electron chi connectivity index (χ3n) is 6.29. The predicted octanol–water partition coefficient (Wildman–Crippen LogP) is 4.54. The molecule has 4 aromatic rings. The van der Waals surface area contributed by atoms with Crippen molar-refractivity contribution in [3.63, 3.8) is 0 Å². The van der Waals surface area contributed by atoms with Crippen molar-refractivity contribution in [2.75, 3.05) is 7.11 Å². The first-order valence-electron chi connectivity index (χ1n) is 11.7. The molecule has 0 aliphatic carbocycles. The molecule has 0 atom stereocenters. The van der Waals surface area contributed by atoms with E-state index < -0.39 is 17.5 Å². The Bertz CT molecular complexity index is 1600. The van der Waals surface area contributed by atoms with Gasteiger partial charge in [0.2, 0.25) is 0 Å². The topological polar surface area (TPSA) is 122 Å². The molecular formula is C29H25N3O5. The van der Waals surface area contributed by atoms with Crippen molar-refractivity contribution < 1.29 is 19.1 Å². The smallest absolute Gasteiger partial charge is 0.340 e. The van der Waals surface area contributed by atoms with Gasteiger partial charge in [-0.2, -0.15) is 5.26 Å². The number of fused-ring (bicyclic) bond motifs is 1. The molecular weight excluding hydrogens is 470 g/mol. The highest BCUT2D eigenvalue weighted by atomic mass is 16.5. The number of aryl methyl sites for hydroxylation is 1. The van der Waals surface area contributed by atoms with Crippen LogP contribution in [-0.4, -0.2) is 29.0 Å². The number of benzene rings is 2. The summed E-state index contributed by atoms with van der Waals surface area (Å²) in [4.78, 5) is 44.9. The fourth-order valence-electron chi connectivity index (χ4n) is 4.46. The van der Waals surface area contributed by atoms with Gasteiger partial charge in [-0.05, 0) is 43.0 Å². The summed E-state index contributed by atoms with van der Waals surface area (Å²) in [6.07, 6.45) is 0.303. The summed E-state index contributed by atoms with van der Waals surface area (Å²) < 4.78 is 10.6. The average molecular weight is 496 g/mol. The van der Waals surface area contributed by atoms with Crippen molar-refractivity contribution in [2.24, 2.45) is 0 Å². The summed E-state index contributed by atoms with van der Waals surface area (Å²) in [6, 6.07) is 18.8. The van der Waals surface area contributed by atoms with E-state index in [1.807, 2.05) is 60.7 Å². The fraction of sp³-hybridized carbons (Fsp3) is 0.207. The molecule has 0 saturated heterocycles. The van der Waals surface area contributed by atoms with Gasteiger partial charge >= 0.3 is 11.9 Å². The molecule has 0 aliphatic heterocycles. The number of para-hydroxylation sites is 1. The molecule has 0 aliphatic rings. The molecule has 1 N–H and O–H groups in total. The Morgan fingerprint density at radius 3 is 2.46 bits per heavy atom. The van der Waals surface area contributed by atoms with Crippen LogP contribution in [0.15, 0.2) is 59.4 Å². The monoisotopic (exact) mass is 495 g/mol. The molecule has 0 amide bonds. The van der Waals surface area contributed by atoms with Crippen LogP contribution in [0, 0.1) is 25.2 Å². The molecule has 8 nitrogen and oxygen atoms in total. The molecule has 8 heteroatoms. The molecule has 0 saturated carbocycles. The van der Waals surface area contributed by atoms with Gasteiger partial charge in [0.25, 0.3) is 5.56 Å². The van der Waals surface area contributed by atoms with Crippen molar-refractivity contribution in [2.45, 2.75) is 33.3 Å². The van der Waals surface area contributed by atoms with Gasteiger partial charge < -0.3 is 14.5 Å². The van der Waals surface area contributed by atoms with E-state index in [1.54, 1.807) is 13.8 Å². The van der Waals surface area contributed by atoms with E-state index in [0.29, 0.717) is 28.0 Å². The van der Waals surface area contributed by atoms with Gasteiger partial charge in [0.15, 0.2) is 0 Å². The molecule has 2 aromatic carbocycles. The third-order valence-corrected chi connectivity index (χ3v) is 6.29. The van der Waals surface area contributed by atoms with Crippen molar-refractivity contribution >= 4 is 22.8 Å². The van der Waals surface area contributed by atoms with E-state index in [2.05, 4.69) is 9.97 Å². The number of esters is 2.